The second-order valence-electron chi connectivity index (χ2n) is 19.4. The molecule has 3 aliphatic heterocycles. The number of ether oxygens (including phenoxy) is 6. The maximum absolute atomic E-state index is 14.6. The van der Waals surface area contributed by atoms with Crippen molar-refractivity contribution in [1.82, 2.24) is 4.90 Å². The first-order chi connectivity index (χ1) is 36.7. The number of nitrogens with zero attached hydrogens (tertiary/aromatic N) is 1. The molecule has 4 rings (SSSR count). The van der Waals surface area contributed by atoms with Crippen LogP contribution in [-0.2, 0) is 52.4 Å². The number of carbonyl (C=O) groups excluding carboxylic acids is 5. The van der Waals surface area contributed by atoms with Crippen LogP contribution in [0.5, 0.6) is 0 Å². The van der Waals surface area contributed by atoms with Gasteiger partial charge in [0.25, 0.3) is 11.7 Å². The number of Topliss-reactive ketones (excluding diaryl/α,β-unsaturated/α-hetero) is 3. The highest BCUT2D eigenvalue weighted by Gasteiger charge is 2.53. The summed E-state index contributed by atoms with van der Waals surface area (Å²) in [5, 5.41) is 33.6. The van der Waals surface area contributed by atoms with Crippen molar-refractivity contribution in [3.05, 3.63) is 47.6 Å². The Morgan fingerprint density at radius 3 is 2.38 bits per heavy atom. The number of aliphatic hydroxyl groups is 3. The summed E-state index contributed by atoms with van der Waals surface area (Å²) in [5.41, 5.74) is 0.437. The standard InChI is InChI=1S/C54H85NO14/c1-32-17-13-12-14-18-33(2)45(64-9)30-41-22-20-37(6)54(63,69-41)51(60)52(61)55-24-16-15-19-42(55)53(62)68-46(35(4)28-40-21-23-44(67-26-25-56)47(29-40)65-10)31-43(57)34(3)27-36(5)48(58)50(66-11)49(59)39(8)38(32)7/h12-14,17-18,27,32,34-35,37-42,44-48,50,56,58,63H,15-16,19-26,28-31H2,1-11H3/b14-12?,17-13+,33-18?,36-27+/t32-,34-,35-,37-,38?,39-,40+,41+,42+,44-,45+,46+,47-,48-,50-,54-/m1/s1/i9D3,20D2,25D2,26D2,32D,38D. The summed E-state index contributed by atoms with van der Waals surface area (Å²) in [6.07, 6.45) is -1.99. The third-order valence-electron chi connectivity index (χ3n) is 14.6. The molecular formula is C54H85NO14. The molecule has 4 aliphatic rings. The van der Waals surface area contributed by atoms with Crippen LogP contribution in [0, 0.1) is 41.4 Å². The number of amides is 1. The monoisotopic (exact) mass is 983 g/mol. The fraction of sp³-hybridized carbons (Fsp3) is 0.759. The lowest BCUT2D eigenvalue weighted by Crippen LogP contribution is -2.61. The van der Waals surface area contributed by atoms with Crippen LogP contribution in [0.4, 0.5) is 0 Å². The molecule has 2 saturated heterocycles. The number of carbonyl (C=O) groups is 5. The molecule has 3 fully saturated rings. The zero-order valence-electron chi connectivity index (χ0n) is 53.0. The maximum atomic E-state index is 14.6. The van der Waals surface area contributed by atoms with Crippen molar-refractivity contribution in [2.24, 2.45) is 41.4 Å². The molecule has 15 nitrogen and oxygen atoms in total. The van der Waals surface area contributed by atoms with Crippen molar-refractivity contribution in [1.29, 1.82) is 0 Å². The van der Waals surface area contributed by atoms with Crippen LogP contribution in [0.3, 0.4) is 0 Å². The number of ketones is 3. The van der Waals surface area contributed by atoms with Crippen molar-refractivity contribution in [3.8, 4) is 0 Å². The van der Waals surface area contributed by atoms with Gasteiger partial charge in [0.1, 0.15) is 30.1 Å². The van der Waals surface area contributed by atoms with E-state index >= 15 is 0 Å². The van der Waals surface area contributed by atoms with Gasteiger partial charge in [-0.25, -0.2) is 4.79 Å². The molecule has 0 aromatic carbocycles. The first-order valence-electron chi connectivity index (χ1n) is 29.7. The number of allylic oxidation sites excluding steroid dienone is 6. The second kappa shape index (κ2) is 27.4. The Bertz CT molecular complexity index is 2320. The van der Waals surface area contributed by atoms with Gasteiger partial charge in [0.05, 0.1) is 47.1 Å². The Morgan fingerprint density at radius 1 is 0.957 bits per heavy atom. The van der Waals surface area contributed by atoms with E-state index in [0.29, 0.717) is 19.3 Å². The Morgan fingerprint density at radius 2 is 1.70 bits per heavy atom. The molecule has 1 saturated carbocycles. The van der Waals surface area contributed by atoms with E-state index in [1.54, 1.807) is 6.92 Å². The normalized spacial score (nSPS) is 44.4. The lowest BCUT2D eigenvalue weighted by Gasteiger charge is -2.42. The molecule has 0 aromatic rings. The van der Waals surface area contributed by atoms with Crippen molar-refractivity contribution >= 4 is 29.2 Å². The summed E-state index contributed by atoms with van der Waals surface area (Å²) in [7, 11) is -0.418. The number of rotatable bonds is 9. The zero-order valence-corrected chi connectivity index (χ0v) is 42.0. The molecule has 69 heavy (non-hydrogen) atoms. The molecule has 15 heteroatoms. The van der Waals surface area contributed by atoms with Crippen LogP contribution in [-0.4, -0.2) is 145 Å². The maximum Gasteiger partial charge on any atom is 0.329 e. The van der Waals surface area contributed by atoms with Crippen molar-refractivity contribution < 1.29 is 82.8 Å². The van der Waals surface area contributed by atoms with E-state index < -0.39 is 165 Å². The molecule has 2 bridgehead atoms. The third-order valence-corrected chi connectivity index (χ3v) is 14.6. The Hall–Kier alpha value is -3.41. The van der Waals surface area contributed by atoms with Gasteiger partial charge in [-0.05, 0) is 106 Å². The summed E-state index contributed by atoms with van der Waals surface area (Å²) in [6, 6.07) is -1.43. The SMILES string of the molecule is [2H]C([2H])([2H])O[C@H]1C[C@@H]2CC([2H])([2H])[C@@H](C)[C@@](O)(O2)C(=O)C(=O)N2CCCC[C@H]2C(=O)O[C@H]([C@H](C)C[C@@H]2CC[C@@H](OC([2H])([2H])C([2H])([2H])O)[C@H](OC)C2)CC(=O)[C@H](C)/C=C(\C)[C@@H](O)[C@@H](OC)C(=O)[C@H](C)C([2H])(C)[C@]([2H])(C)/C=C/C=CC=C1C. The van der Waals surface area contributed by atoms with Crippen LogP contribution < -0.4 is 0 Å². The van der Waals surface area contributed by atoms with Gasteiger partial charge in [-0.1, -0.05) is 78.0 Å². The number of hydrogen-bond donors (Lipinski definition) is 3. The van der Waals surface area contributed by atoms with E-state index in [0.717, 1.165) is 4.90 Å². The molecule has 0 radical (unpaired) electrons. The van der Waals surface area contributed by atoms with Crippen LogP contribution in [0.1, 0.15) is 141 Å². The summed E-state index contributed by atoms with van der Waals surface area (Å²) < 4.78 is 125. The third kappa shape index (κ3) is 15.3. The van der Waals surface area contributed by atoms with Crippen LogP contribution >= 0.6 is 0 Å². The number of esters is 1. The number of methoxy groups -OCH3 is 3. The number of cyclic esters (lactones) is 1. The van der Waals surface area contributed by atoms with E-state index in [4.69, 9.17) is 40.8 Å². The number of aliphatic hydroxyl groups excluding tert-OH is 1. The molecular weight excluding hydrogens is 887 g/mol. The van der Waals surface area contributed by atoms with E-state index in [9.17, 15) is 42.0 Å². The molecule has 0 aromatic heterocycles. The minimum Gasteiger partial charge on any atom is -0.460 e. The molecule has 3 N–H and O–H groups in total. The van der Waals surface area contributed by atoms with Gasteiger partial charge in [0, 0.05) is 63.9 Å². The number of hydrogen-bond acceptors (Lipinski definition) is 14. The fourth-order valence-electron chi connectivity index (χ4n) is 9.76. The highest BCUT2D eigenvalue weighted by atomic mass is 16.6. The molecule has 1 aliphatic carbocycles. The van der Waals surface area contributed by atoms with Crippen molar-refractivity contribution in [3.63, 3.8) is 0 Å². The van der Waals surface area contributed by atoms with E-state index in [-0.39, 0.29) is 49.3 Å². The molecule has 390 valence electrons. The van der Waals surface area contributed by atoms with Gasteiger partial charge in [-0.15, -0.1) is 0 Å². The Kier molecular flexibility index (Phi) is 17.2. The molecule has 16 atom stereocenters. The summed E-state index contributed by atoms with van der Waals surface area (Å²) >= 11 is 0. The number of fused-ring (bicyclic) bond motifs is 3. The first kappa shape index (κ1) is 43.2. The topological polar surface area (TPSA) is 205 Å². The van der Waals surface area contributed by atoms with Gasteiger partial charge in [-0.3, -0.25) is 19.2 Å². The highest BCUT2D eigenvalue weighted by molar-refractivity contribution is 6.39. The predicted octanol–water partition coefficient (Wildman–Crippen LogP) is 6.44. The van der Waals surface area contributed by atoms with Crippen LogP contribution in [0.15, 0.2) is 47.6 Å². The summed E-state index contributed by atoms with van der Waals surface area (Å²) in [6.45, 7) is 5.18. The number of piperidine rings is 1. The van der Waals surface area contributed by atoms with Gasteiger partial charge in [0.2, 0.25) is 5.79 Å². The Balaban J connectivity index is 1.82. The molecule has 0 spiro atoms. The van der Waals surface area contributed by atoms with Crippen LogP contribution in [0.2, 0.25) is 0 Å². The molecule has 1 amide bonds. The van der Waals surface area contributed by atoms with E-state index in [2.05, 4.69) is 0 Å². The van der Waals surface area contributed by atoms with Gasteiger partial charge in [0.15, 0.2) is 5.78 Å². The predicted molar refractivity (Wildman–Crippen MR) is 261 cm³/mol. The first-order valence-corrected chi connectivity index (χ1v) is 24.2. The average Bonchev–Trinajstić information content (AvgIpc) is 3.35. The minimum absolute atomic E-state index is 0.0113. The lowest BCUT2D eigenvalue weighted by molar-refractivity contribution is -0.265. The summed E-state index contributed by atoms with van der Waals surface area (Å²) in [5.74, 6) is -16.5. The van der Waals surface area contributed by atoms with Crippen LogP contribution in [0.25, 0.3) is 0 Å². The van der Waals surface area contributed by atoms with Crippen molar-refractivity contribution in [2.45, 2.75) is 181 Å². The lowest BCUT2D eigenvalue weighted by atomic mass is 9.78. The quantitative estimate of drug-likeness (QED) is 0.129. The largest absolute Gasteiger partial charge is 0.460 e. The smallest absolute Gasteiger partial charge is 0.329 e. The highest BCUT2D eigenvalue weighted by Crippen LogP contribution is 2.38. The second-order valence-corrected chi connectivity index (χ2v) is 19.4. The van der Waals surface area contributed by atoms with Gasteiger partial charge >= 0.3 is 5.97 Å². The van der Waals surface area contributed by atoms with E-state index in [1.165, 1.54) is 99.1 Å². The average molecular weight is 983 g/mol. The Labute approximate surface area is 426 Å². The van der Waals surface area contributed by atoms with Gasteiger partial charge < -0.3 is 48.6 Å². The van der Waals surface area contributed by atoms with Gasteiger partial charge in [-0.2, -0.15) is 0 Å². The molecule has 1 unspecified atom stereocenters. The fourth-order valence-corrected chi connectivity index (χ4v) is 9.76. The zero-order chi connectivity index (χ0) is 60.9. The minimum atomic E-state index is -3.33. The van der Waals surface area contributed by atoms with Crippen molar-refractivity contribution in [2.75, 3.05) is 40.9 Å². The van der Waals surface area contributed by atoms with E-state index in [1.807, 2.05) is 0 Å². The molecule has 3 heterocycles. The summed E-state index contributed by atoms with van der Waals surface area (Å²) in [4.78, 5) is 73.1.